The molecule has 4 nitrogen and oxygen atoms in total. The lowest BCUT2D eigenvalue weighted by Gasteiger charge is -2.04. The summed E-state index contributed by atoms with van der Waals surface area (Å²) in [6.45, 7) is 0. The zero-order chi connectivity index (χ0) is 15.3. The molecule has 0 radical (unpaired) electrons. The number of ether oxygens (including phenoxy) is 1. The van der Waals surface area contributed by atoms with Gasteiger partial charge in [0.25, 0.3) is 0 Å². The van der Waals surface area contributed by atoms with E-state index in [-0.39, 0.29) is 5.75 Å². The highest BCUT2D eigenvalue weighted by Gasteiger charge is 2.08. The number of methoxy groups -OCH3 is 1. The van der Waals surface area contributed by atoms with Gasteiger partial charge in [-0.05, 0) is 48.0 Å². The van der Waals surface area contributed by atoms with E-state index in [9.17, 15) is 8.42 Å². The van der Waals surface area contributed by atoms with Crippen molar-refractivity contribution in [1.29, 1.82) is 0 Å². The fourth-order valence-corrected chi connectivity index (χ4v) is 2.52. The molecule has 0 aliphatic heterocycles. The van der Waals surface area contributed by atoms with Crippen LogP contribution in [-0.2, 0) is 10.1 Å². The molecule has 0 aliphatic carbocycles. The highest BCUT2D eigenvalue weighted by atomic mass is 35.5. The number of benzene rings is 2. The molecule has 0 heterocycles. The van der Waals surface area contributed by atoms with Crippen LogP contribution in [0.3, 0.4) is 0 Å². The first-order chi connectivity index (χ1) is 9.98. The molecule has 2 aromatic carbocycles. The molecular formula is C15H13ClO4S. The summed E-state index contributed by atoms with van der Waals surface area (Å²) in [6, 6.07) is 13.1. The van der Waals surface area contributed by atoms with Gasteiger partial charge in [0.05, 0.1) is 12.5 Å². The van der Waals surface area contributed by atoms with Gasteiger partial charge in [0.2, 0.25) is 0 Å². The van der Waals surface area contributed by atoms with E-state index in [1.807, 2.05) is 0 Å². The predicted molar refractivity (Wildman–Crippen MR) is 83.0 cm³/mol. The second-order valence-corrected chi connectivity index (χ2v) is 5.97. The molecule has 0 aliphatic rings. The van der Waals surface area contributed by atoms with Crippen molar-refractivity contribution >= 4 is 27.8 Å². The lowest BCUT2D eigenvalue weighted by Crippen LogP contribution is -2.04. The molecule has 0 amide bonds. The van der Waals surface area contributed by atoms with Crippen LogP contribution >= 0.6 is 11.6 Å². The summed E-state index contributed by atoms with van der Waals surface area (Å²) < 4.78 is 33.6. The van der Waals surface area contributed by atoms with Crippen molar-refractivity contribution in [2.24, 2.45) is 0 Å². The summed E-state index contributed by atoms with van der Waals surface area (Å²) in [5.41, 5.74) is 0.671. The lowest BCUT2D eigenvalue weighted by molar-refractivity contribution is 0.414. The molecule has 0 unspecified atom stereocenters. The summed E-state index contributed by atoms with van der Waals surface area (Å²) >= 11 is 5.83. The molecule has 2 aromatic rings. The minimum absolute atomic E-state index is 0.214. The van der Waals surface area contributed by atoms with Crippen molar-refractivity contribution in [3.05, 3.63) is 64.5 Å². The Balaban J connectivity index is 2.11. The normalized spacial score (nSPS) is 11.5. The van der Waals surface area contributed by atoms with Gasteiger partial charge in [0, 0.05) is 5.02 Å². The van der Waals surface area contributed by atoms with Gasteiger partial charge < -0.3 is 8.92 Å². The van der Waals surface area contributed by atoms with Crippen LogP contribution in [0.4, 0.5) is 0 Å². The standard InChI is InChI=1S/C15H13ClO4S/c1-19-14-5-7-15(8-6-14)20-21(17,18)10-9-12-3-2-4-13(16)11-12/h2-11H,1H3/b10-9+. The van der Waals surface area contributed by atoms with E-state index in [2.05, 4.69) is 0 Å². The first-order valence-electron chi connectivity index (χ1n) is 6.01. The van der Waals surface area contributed by atoms with Crippen LogP contribution in [0.5, 0.6) is 11.5 Å². The highest BCUT2D eigenvalue weighted by molar-refractivity contribution is 7.90. The van der Waals surface area contributed by atoms with Crippen LogP contribution in [0.2, 0.25) is 5.02 Å². The van der Waals surface area contributed by atoms with Crippen molar-refractivity contribution < 1.29 is 17.3 Å². The molecule has 0 fully saturated rings. The van der Waals surface area contributed by atoms with Crippen molar-refractivity contribution in [1.82, 2.24) is 0 Å². The van der Waals surface area contributed by atoms with Gasteiger partial charge in [-0.25, -0.2) is 0 Å². The summed E-state index contributed by atoms with van der Waals surface area (Å²) in [7, 11) is -2.30. The van der Waals surface area contributed by atoms with Crippen molar-refractivity contribution in [2.45, 2.75) is 0 Å². The van der Waals surface area contributed by atoms with Crippen LogP contribution in [0, 0.1) is 0 Å². The number of hydrogen-bond donors (Lipinski definition) is 0. The maximum atomic E-state index is 11.8. The van der Waals surface area contributed by atoms with E-state index in [4.69, 9.17) is 20.5 Å². The second kappa shape index (κ2) is 6.65. The van der Waals surface area contributed by atoms with Gasteiger partial charge in [-0.3, -0.25) is 0 Å². The Morgan fingerprint density at radius 2 is 1.71 bits per heavy atom. The summed E-state index contributed by atoms with van der Waals surface area (Å²) in [5.74, 6) is 0.834. The van der Waals surface area contributed by atoms with Crippen molar-refractivity contribution in [3.8, 4) is 11.5 Å². The Bertz CT molecular complexity index is 737. The first kappa shape index (κ1) is 15.4. The van der Waals surface area contributed by atoms with Crippen LogP contribution in [0.25, 0.3) is 6.08 Å². The molecule has 0 aromatic heterocycles. The number of hydrogen-bond acceptors (Lipinski definition) is 4. The largest absolute Gasteiger partial charge is 0.497 e. The molecule has 21 heavy (non-hydrogen) atoms. The first-order valence-corrected chi connectivity index (χ1v) is 7.86. The zero-order valence-corrected chi connectivity index (χ0v) is 12.8. The van der Waals surface area contributed by atoms with Gasteiger partial charge in [-0.2, -0.15) is 8.42 Å². The molecule has 2 rings (SSSR count). The molecule has 0 saturated carbocycles. The highest BCUT2D eigenvalue weighted by Crippen LogP contribution is 2.19. The Morgan fingerprint density at radius 1 is 1.05 bits per heavy atom. The summed E-state index contributed by atoms with van der Waals surface area (Å²) in [6.07, 6.45) is 1.42. The van der Waals surface area contributed by atoms with Crippen molar-refractivity contribution in [3.63, 3.8) is 0 Å². The van der Waals surface area contributed by atoms with Gasteiger partial charge >= 0.3 is 10.1 Å². The maximum absolute atomic E-state index is 11.8. The smallest absolute Gasteiger partial charge is 0.332 e. The SMILES string of the molecule is COc1ccc(OS(=O)(=O)/C=C/c2cccc(Cl)c2)cc1. The fraction of sp³-hybridized carbons (Fsp3) is 0.0667. The number of halogens is 1. The Hall–Kier alpha value is -1.98. The van der Waals surface area contributed by atoms with Crippen LogP contribution in [0.1, 0.15) is 5.56 Å². The average molecular weight is 325 g/mol. The topological polar surface area (TPSA) is 52.6 Å². The average Bonchev–Trinajstić information content (AvgIpc) is 2.46. The van der Waals surface area contributed by atoms with Gasteiger partial charge in [-0.15, -0.1) is 0 Å². The quantitative estimate of drug-likeness (QED) is 0.786. The second-order valence-electron chi connectivity index (χ2n) is 4.11. The predicted octanol–water partition coefficient (Wildman–Crippen LogP) is 3.73. The van der Waals surface area contributed by atoms with Crippen LogP contribution in [0.15, 0.2) is 53.9 Å². The Kier molecular flexibility index (Phi) is 4.88. The van der Waals surface area contributed by atoms with Crippen LogP contribution in [-0.4, -0.2) is 15.5 Å². The third-order valence-electron chi connectivity index (χ3n) is 2.55. The van der Waals surface area contributed by atoms with E-state index < -0.39 is 10.1 Å². The van der Waals surface area contributed by atoms with E-state index in [0.717, 1.165) is 5.41 Å². The third kappa shape index (κ3) is 4.81. The molecule has 0 bridgehead atoms. The fourth-order valence-electron chi connectivity index (χ4n) is 1.57. The monoisotopic (exact) mass is 324 g/mol. The third-order valence-corrected chi connectivity index (χ3v) is 3.68. The van der Waals surface area contributed by atoms with Gasteiger partial charge in [-0.1, -0.05) is 23.7 Å². The Morgan fingerprint density at radius 3 is 2.33 bits per heavy atom. The summed E-state index contributed by atoms with van der Waals surface area (Å²) in [4.78, 5) is 0. The molecule has 6 heteroatoms. The lowest BCUT2D eigenvalue weighted by atomic mass is 10.2. The van der Waals surface area contributed by atoms with E-state index >= 15 is 0 Å². The van der Waals surface area contributed by atoms with E-state index in [0.29, 0.717) is 16.3 Å². The van der Waals surface area contributed by atoms with Gasteiger partial charge in [0.15, 0.2) is 0 Å². The minimum atomic E-state index is -3.83. The molecule has 0 spiro atoms. The van der Waals surface area contributed by atoms with E-state index in [1.165, 1.54) is 25.3 Å². The molecule has 0 saturated heterocycles. The number of rotatable bonds is 5. The zero-order valence-electron chi connectivity index (χ0n) is 11.2. The van der Waals surface area contributed by atoms with Crippen molar-refractivity contribution in [2.75, 3.05) is 7.11 Å². The Labute approximate surface area is 128 Å². The minimum Gasteiger partial charge on any atom is -0.497 e. The molecule has 110 valence electrons. The molecule has 0 atom stereocenters. The molecular weight excluding hydrogens is 312 g/mol. The van der Waals surface area contributed by atoms with Gasteiger partial charge in [0.1, 0.15) is 11.5 Å². The van der Waals surface area contributed by atoms with E-state index in [1.54, 1.807) is 36.4 Å². The van der Waals surface area contributed by atoms with Crippen LogP contribution < -0.4 is 8.92 Å². The maximum Gasteiger partial charge on any atom is 0.332 e. The summed E-state index contributed by atoms with van der Waals surface area (Å²) in [5, 5.41) is 1.52. The molecule has 0 N–H and O–H groups in total.